The molecule has 1 aromatic rings. The maximum atomic E-state index is 9.41. The summed E-state index contributed by atoms with van der Waals surface area (Å²) in [7, 11) is 1.75. The van der Waals surface area contributed by atoms with Crippen LogP contribution in [0, 0.1) is 0 Å². The maximum Gasteiger partial charge on any atom is 0.0746 e. The Bertz CT molecular complexity index is 384. The van der Waals surface area contributed by atoms with Gasteiger partial charge in [0.25, 0.3) is 0 Å². The first-order valence-electron chi connectivity index (χ1n) is 5.92. The van der Waals surface area contributed by atoms with Crippen LogP contribution in [0.25, 0.3) is 0 Å². The molecule has 0 aromatic heterocycles. The maximum absolute atomic E-state index is 9.41. The molecular weight excluding hydrogens is 238 g/mol. The number of hydrogen-bond acceptors (Lipinski definition) is 3. The number of rotatable bonds is 3. The fraction of sp³-hybridized carbons (Fsp3) is 0.538. The van der Waals surface area contributed by atoms with Crippen molar-refractivity contribution in [3.05, 3.63) is 28.8 Å². The monoisotopic (exact) mass is 255 g/mol. The van der Waals surface area contributed by atoms with E-state index in [-0.39, 0.29) is 12.7 Å². The lowest BCUT2D eigenvalue weighted by Gasteiger charge is -2.34. The molecule has 4 heteroatoms. The van der Waals surface area contributed by atoms with Gasteiger partial charge in [-0.05, 0) is 25.0 Å². The summed E-state index contributed by atoms with van der Waals surface area (Å²) in [4.78, 5) is 2.25. The minimum absolute atomic E-state index is 0.0246. The van der Waals surface area contributed by atoms with Crippen molar-refractivity contribution >= 4 is 17.3 Å². The Hall–Kier alpha value is -0.770. The number of piperidine rings is 1. The highest BCUT2D eigenvalue weighted by Crippen LogP contribution is 2.29. The van der Waals surface area contributed by atoms with Crippen LogP contribution in [0.1, 0.15) is 18.4 Å². The molecule has 0 saturated carbocycles. The van der Waals surface area contributed by atoms with Gasteiger partial charge < -0.3 is 14.7 Å². The summed E-state index contributed by atoms with van der Waals surface area (Å²) in [5.41, 5.74) is 1.84. The smallest absolute Gasteiger partial charge is 0.0746 e. The highest BCUT2D eigenvalue weighted by molar-refractivity contribution is 6.31. The quantitative estimate of drug-likeness (QED) is 0.901. The Morgan fingerprint density at radius 2 is 2.35 bits per heavy atom. The first kappa shape index (κ1) is 12.7. The van der Waals surface area contributed by atoms with Crippen molar-refractivity contribution < 1.29 is 9.84 Å². The van der Waals surface area contributed by atoms with Crippen molar-refractivity contribution in [1.29, 1.82) is 0 Å². The molecule has 3 nitrogen and oxygen atoms in total. The summed E-state index contributed by atoms with van der Waals surface area (Å²) in [5, 5.41) is 10.0. The molecule has 0 bridgehead atoms. The number of anilines is 1. The van der Waals surface area contributed by atoms with Crippen molar-refractivity contribution in [1.82, 2.24) is 0 Å². The molecule has 94 valence electrons. The summed E-state index contributed by atoms with van der Waals surface area (Å²) in [6.07, 6.45) is 2.48. The second-order valence-electron chi connectivity index (χ2n) is 4.34. The third-order valence-electron chi connectivity index (χ3n) is 3.30. The van der Waals surface area contributed by atoms with Gasteiger partial charge in [0.15, 0.2) is 0 Å². The fourth-order valence-corrected chi connectivity index (χ4v) is 2.58. The molecule has 0 aliphatic carbocycles. The number of benzene rings is 1. The molecule has 2 rings (SSSR count). The van der Waals surface area contributed by atoms with Crippen LogP contribution in [0.5, 0.6) is 0 Å². The zero-order valence-corrected chi connectivity index (χ0v) is 10.8. The van der Waals surface area contributed by atoms with Gasteiger partial charge in [-0.3, -0.25) is 0 Å². The van der Waals surface area contributed by atoms with E-state index in [9.17, 15) is 5.11 Å². The number of aliphatic hydroxyl groups excluding tert-OH is 1. The lowest BCUT2D eigenvalue weighted by molar-refractivity contribution is 0.0892. The highest BCUT2D eigenvalue weighted by Gasteiger charge is 2.21. The zero-order chi connectivity index (χ0) is 12.3. The van der Waals surface area contributed by atoms with Gasteiger partial charge in [-0.1, -0.05) is 17.7 Å². The second kappa shape index (κ2) is 5.71. The number of ether oxygens (including phenoxy) is 1. The molecule has 1 unspecified atom stereocenters. The molecule has 1 aromatic carbocycles. The first-order valence-corrected chi connectivity index (χ1v) is 6.30. The zero-order valence-electron chi connectivity index (χ0n) is 10.0. The van der Waals surface area contributed by atoms with Crippen LogP contribution >= 0.6 is 11.6 Å². The third kappa shape index (κ3) is 2.73. The van der Waals surface area contributed by atoms with Crippen LogP contribution in [-0.4, -0.2) is 31.4 Å². The molecule has 17 heavy (non-hydrogen) atoms. The molecule has 1 atom stereocenters. The van der Waals surface area contributed by atoms with Gasteiger partial charge in [0.1, 0.15) is 0 Å². The summed E-state index contributed by atoms with van der Waals surface area (Å²) in [6, 6.07) is 5.75. The molecule has 1 fully saturated rings. The van der Waals surface area contributed by atoms with E-state index in [1.54, 1.807) is 7.11 Å². The van der Waals surface area contributed by atoms with E-state index in [1.165, 1.54) is 0 Å². The third-order valence-corrected chi connectivity index (χ3v) is 3.66. The van der Waals surface area contributed by atoms with Crippen molar-refractivity contribution in [3.63, 3.8) is 0 Å². The molecule has 1 N–H and O–H groups in total. The van der Waals surface area contributed by atoms with E-state index in [1.807, 2.05) is 18.2 Å². The Balaban J connectivity index is 2.24. The molecular formula is C13H18ClNO2. The lowest BCUT2D eigenvalue weighted by Crippen LogP contribution is -2.39. The predicted octanol–water partition coefficient (Wildman–Crippen LogP) is 2.45. The van der Waals surface area contributed by atoms with Crippen LogP contribution in [-0.2, 0) is 11.3 Å². The van der Waals surface area contributed by atoms with Crippen LogP contribution in [0.4, 0.5) is 5.69 Å². The largest absolute Gasteiger partial charge is 0.392 e. The van der Waals surface area contributed by atoms with Crippen molar-refractivity contribution in [2.24, 2.45) is 0 Å². The van der Waals surface area contributed by atoms with E-state index in [4.69, 9.17) is 16.3 Å². The molecule has 0 radical (unpaired) electrons. The number of halogens is 1. The summed E-state index contributed by atoms with van der Waals surface area (Å²) < 4.78 is 5.41. The second-order valence-corrected chi connectivity index (χ2v) is 4.75. The van der Waals surface area contributed by atoms with Crippen LogP contribution < -0.4 is 4.90 Å². The molecule has 0 amide bonds. The number of nitrogens with zero attached hydrogens (tertiary/aromatic N) is 1. The normalized spacial score (nSPS) is 20.6. The van der Waals surface area contributed by atoms with Crippen LogP contribution in [0.2, 0.25) is 5.02 Å². The molecule has 1 saturated heterocycles. The van der Waals surface area contributed by atoms with Gasteiger partial charge in [-0.15, -0.1) is 0 Å². The van der Waals surface area contributed by atoms with Gasteiger partial charge in [-0.25, -0.2) is 0 Å². The van der Waals surface area contributed by atoms with E-state index in [0.29, 0.717) is 5.02 Å². The Labute approximate surface area is 107 Å². The van der Waals surface area contributed by atoms with E-state index >= 15 is 0 Å². The van der Waals surface area contributed by atoms with E-state index < -0.39 is 0 Å². The SMILES string of the molecule is COC1CCCN(c2cccc(Cl)c2CO)C1. The number of hydrogen-bond donors (Lipinski definition) is 1. The molecule has 0 spiro atoms. The van der Waals surface area contributed by atoms with Gasteiger partial charge >= 0.3 is 0 Å². The standard InChI is InChI=1S/C13H18ClNO2/c1-17-10-4-3-7-15(8-10)13-6-2-5-12(14)11(13)9-16/h2,5-6,10,16H,3-4,7-9H2,1H3. The van der Waals surface area contributed by atoms with Gasteiger partial charge in [0.05, 0.1) is 12.7 Å². The van der Waals surface area contributed by atoms with Gasteiger partial charge in [0.2, 0.25) is 0 Å². The number of aliphatic hydroxyl groups is 1. The minimum atomic E-state index is -0.0246. The fourth-order valence-electron chi connectivity index (χ4n) is 2.35. The Kier molecular flexibility index (Phi) is 4.26. The first-order chi connectivity index (χ1) is 8.26. The van der Waals surface area contributed by atoms with Crippen molar-refractivity contribution in [2.45, 2.75) is 25.6 Å². The number of methoxy groups -OCH3 is 1. The molecule has 1 heterocycles. The summed E-state index contributed by atoms with van der Waals surface area (Å²) in [5.74, 6) is 0. The minimum Gasteiger partial charge on any atom is -0.392 e. The van der Waals surface area contributed by atoms with Gasteiger partial charge in [0, 0.05) is 36.5 Å². The lowest BCUT2D eigenvalue weighted by atomic mass is 10.1. The summed E-state index contributed by atoms with van der Waals surface area (Å²) >= 11 is 6.10. The average molecular weight is 256 g/mol. The van der Waals surface area contributed by atoms with Crippen molar-refractivity contribution in [2.75, 3.05) is 25.1 Å². The summed E-state index contributed by atoms with van der Waals surface area (Å²) in [6.45, 7) is 1.83. The van der Waals surface area contributed by atoms with E-state index in [2.05, 4.69) is 4.90 Å². The Morgan fingerprint density at radius 3 is 3.06 bits per heavy atom. The van der Waals surface area contributed by atoms with Crippen LogP contribution in [0.3, 0.4) is 0 Å². The topological polar surface area (TPSA) is 32.7 Å². The molecule has 1 aliphatic rings. The average Bonchev–Trinajstić information content (AvgIpc) is 2.38. The van der Waals surface area contributed by atoms with Gasteiger partial charge in [-0.2, -0.15) is 0 Å². The Morgan fingerprint density at radius 1 is 1.53 bits per heavy atom. The predicted molar refractivity (Wildman–Crippen MR) is 69.6 cm³/mol. The highest BCUT2D eigenvalue weighted by atomic mass is 35.5. The van der Waals surface area contributed by atoms with Crippen molar-refractivity contribution in [3.8, 4) is 0 Å². The van der Waals surface area contributed by atoms with E-state index in [0.717, 1.165) is 37.2 Å². The van der Waals surface area contributed by atoms with Crippen LogP contribution in [0.15, 0.2) is 18.2 Å². The molecule has 1 aliphatic heterocycles.